The van der Waals surface area contributed by atoms with Gasteiger partial charge >= 0.3 is 0 Å². The van der Waals surface area contributed by atoms with E-state index >= 15 is 0 Å². The van der Waals surface area contributed by atoms with Gasteiger partial charge in [0.1, 0.15) is 0 Å². The maximum atomic E-state index is 10.4. The topological polar surface area (TPSA) is 69.9 Å². The molecule has 0 spiro atoms. The molecular weight excluding hydrogens is 400 g/mol. The second kappa shape index (κ2) is 10.6. The van der Waals surface area contributed by atoms with Crippen LogP contribution in [0.5, 0.6) is 0 Å². The molecule has 0 radical (unpaired) electrons. The normalized spacial score (nSPS) is 33.9. The standard InChI is InChI=1S/C28H42O4/c1-5-28(31,6-2)15-8-16-32-19-23-12-13-25-21(9-7-14-27(23,25)4)10-11-22-17-24(29)18-26(30)20(22)3/h8,10-12,15,24-26,29-31H,3,5-7,9,13-14,16-19H2,1-2,4H3/b15-8-,21-10?,22-11?/t24-,25+,26+,27-/m1/s1. The minimum Gasteiger partial charge on any atom is -0.393 e. The molecule has 3 N–H and O–H groups in total. The Balaban J connectivity index is 1.62. The summed E-state index contributed by atoms with van der Waals surface area (Å²) in [5.41, 5.74) is 3.97. The molecule has 2 saturated carbocycles. The molecule has 4 atom stereocenters. The van der Waals surface area contributed by atoms with E-state index in [1.54, 1.807) is 0 Å². The third-order valence-electron chi connectivity index (χ3n) is 8.10. The van der Waals surface area contributed by atoms with Crippen LogP contribution in [0, 0.1) is 11.3 Å². The minimum absolute atomic E-state index is 0.127. The van der Waals surface area contributed by atoms with E-state index in [0.717, 1.165) is 30.4 Å². The fraction of sp³-hybridized carbons (Fsp3) is 0.643. The Morgan fingerprint density at radius 1 is 1.25 bits per heavy atom. The van der Waals surface area contributed by atoms with E-state index < -0.39 is 17.8 Å². The minimum atomic E-state index is -0.722. The first kappa shape index (κ1) is 25.2. The molecule has 3 aliphatic carbocycles. The van der Waals surface area contributed by atoms with Crippen molar-refractivity contribution in [2.45, 2.75) is 89.9 Å². The summed E-state index contributed by atoms with van der Waals surface area (Å²) in [6.07, 6.45) is 16.2. The number of fused-ring (bicyclic) bond motifs is 1. The summed E-state index contributed by atoms with van der Waals surface area (Å²) < 4.78 is 5.98. The number of rotatable bonds is 8. The molecule has 3 rings (SSSR count). The number of aliphatic hydroxyl groups excluding tert-OH is 2. The molecule has 4 heteroatoms. The van der Waals surface area contributed by atoms with Gasteiger partial charge in [0.15, 0.2) is 0 Å². The Bertz CT molecular complexity index is 798. The van der Waals surface area contributed by atoms with Crippen LogP contribution >= 0.6 is 0 Å². The van der Waals surface area contributed by atoms with Crippen LogP contribution in [0.1, 0.15) is 72.1 Å². The summed E-state index contributed by atoms with van der Waals surface area (Å²) in [4.78, 5) is 0. The summed E-state index contributed by atoms with van der Waals surface area (Å²) in [6, 6.07) is 0. The monoisotopic (exact) mass is 442 g/mol. The highest BCUT2D eigenvalue weighted by atomic mass is 16.5. The van der Waals surface area contributed by atoms with Crippen LogP contribution in [0.4, 0.5) is 0 Å². The number of hydrogen-bond donors (Lipinski definition) is 3. The Hall–Kier alpha value is -1.46. The van der Waals surface area contributed by atoms with Gasteiger partial charge in [-0.1, -0.05) is 63.3 Å². The fourth-order valence-corrected chi connectivity index (χ4v) is 5.58. The van der Waals surface area contributed by atoms with E-state index in [4.69, 9.17) is 4.74 Å². The van der Waals surface area contributed by atoms with Crippen LogP contribution in [-0.2, 0) is 4.74 Å². The second-order valence-electron chi connectivity index (χ2n) is 10.1. The van der Waals surface area contributed by atoms with Crippen molar-refractivity contribution < 1.29 is 20.1 Å². The molecule has 0 saturated heterocycles. The van der Waals surface area contributed by atoms with Crippen molar-refractivity contribution in [1.82, 2.24) is 0 Å². The SMILES string of the molecule is C=C1C(=CC=C2CCC[C@]3(C)C(COC/C=C\C(O)(CC)CC)=CC[C@@H]23)C[C@@H](O)C[C@@H]1O. The van der Waals surface area contributed by atoms with Crippen LogP contribution in [0.3, 0.4) is 0 Å². The first-order valence-corrected chi connectivity index (χ1v) is 12.3. The first-order valence-electron chi connectivity index (χ1n) is 12.3. The van der Waals surface area contributed by atoms with E-state index in [9.17, 15) is 15.3 Å². The summed E-state index contributed by atoms with van der Waals surface area (Å²) in [5.74, 6) is 0.485. The van der Waals surface area contributed by atoms with Gasteiger partial charge in [-0.2, -0.15) is 0 Å². The van der Waals surface area contributed by atoms with Crippen LogP contribution in [0.25, 0.3) is 0 Å². The summed E-state index contributed by atoms with van der Waals surface area (Å²) in [7, 11) is 0. The molecule has 2 fully saturated rings. The maximum absolute atomic E-state index is 10.4. The molecule has 0 bridgehead atoms. The fourth-order valence-electron chi connectivity index (χ4n) is 5.58. The molecule has 0 aromatic carbocycles. The van der Waals surface area contributed by atoms with Crippen molar-refractivity contribution >= 4 is 0 Å². The number of allylic oxidation sites excluding steroid dienone is 4. The first-order chi connectivity index (χ1) is 15.2. The lowest BCUT2D eigenvalue weighted by molar-refractivity contribution is 0.0810. The average Bonchev–Trinajstić information content (AvgIpc) is 3.11. The van der Waals surface area contributed by atoms with Crippen LogP contribution < -0.4 is 0 Å². The lowest BCUT2D eigenvalue weighted by Gasteiger charge is -2.41. The molecule has 0 aliphatic heterocycles. The Kier molecular flexibility index (Phi) is 8.37. The third-order valence-corrected chi connectivity index (χ3v) is 8.10. The van der Waals surface area contributed by atoms with E-state index in [1.807, 2.05) is 26.0 Å². The highest BCUT2D eigenvalue weighted by Gasteiger charge is 2.44. The number of ether oxygens (including phenoxy) is 1. The number of hydrogen-bond acceptors (Lipinski definition) is 4. The van der Waals surface area contributed by atoms with E-state index in [-0.39, 0.29) is 5.41 Å². The smallest absolute Gasteiger partial charge is 0.0823 e. The summed E-state index contributed by atoms with van der Waals surface area (Å²) >= 11 is 0. The molecule has 0 aromatic heterocycles. The van der Waals surface area contributed by atoms with Crippen molar-refractivity contribution in [3.63, 3.8) is 0 Å². The van der Waals surface area contributed by atoms with E-state index in [0.29, 0.717) is 44.8 Å². The van der Waals surface area contributed by atoms with Gasteiger partial charge in [0.05, 0.1) is 31.0 Å². The Morgan fingerprint density at radius 3 is 2.72 bits per heavy atom. The lowest BCUT2D eigenvalue weighted by atomic mass is 9.64. The van der Waals surface area contributed by atoms with Crippen molar-refractivity contribution in [2.75, 3.05) is 13.2 Å². The van der Waals surface area contributed by atoms with Crippen LogP contribution in [0.2, 0.25) is 0 Å². The molecule has 4 nitrogen and oxygen atoms in total. The molecule has 178 valence electrons. The number of aliphatic hydroxyl groups is 3. The summed E-state index contributed by atoms with van der Waals surface area (Å²) in [6.45, 7) is 11.6. The highest BCUT2D eigenvalue weighted by molar-refractivity contribution is 5.40. The molecule has 0 heterocycles. The van der Waals surface area contributed by atoms with Crippen molar-refractivity contribution in [1.29, 1.82) is 0 Å². The molecule has 0 aromatic rings. The van der Waals surface area contributed by atoms with Crippen molar-refractivity contribution in [3.8, 4) is 0 Å². The van der Waals surface area contributed by atoms with Gasteiger partial charge < -0.3 is 20.1 Å². The predicted octanol–water partition coefficient (Wildman–Crippen LogP) is 5.17. The van der Waals surface area contributed by atoms with Gasteiger partial charge in [-0.25, -0.2) is 0 Å². The highest BCUT2D eigenvalue weighted by Crippen LogP contribution is 2.54. The molecule has 3 aliphatic rings. The average molecular weight is 443 g/mol. The molecular formula is C28H42O4. The Labute approximate surface area is 194 Å². The third kappa shape index (κ3) is 5.53. The van der Waals surface area contributed by atoms with Gasteiger partial charge in [0.2, 0.25) is 0 Å². The predicted molar refractivity (Wildman–Crippen MR) is 130 cm³/mol. The quantitative estimate of drug-likeness (QED) is 0.358. The van der Waals surface area contributed by atoms with E-state index in [2.05, 4.69) is 31.7 Å². The van der Waals surface area contributed by atoms with Crippen LogP contribution in [-0.4, -0.2) is 46.3 Å². The van der Waals surface area contributed by atoms with Gasteiger partial charge in [-0.3, -0.25) is 0 Å². The van der Waals surface area contributed by atoms with Gasteiger partial charge in [0, 0.05) is 6.42 Å². The summed E-state index contributed by atoms with van der Waals surface area (Å²) in [5, 5.41) is 30.5. The Morgan fingerprint density at radius 2 is 2.00 bits per heavy atom. The zero-order valence-corrected chi connectivity index (χ0v) is 20.1. The zero-order chi connectivity index (χ0) is 23.4. The molecule has 0 unspecified atom stereocenters. The largest absolute Gasteiger partial charge is 0.393 e. The lowest BCUT2D eigenvalue weighted by Crippen LogP contribution is -2.32. The van der Waals surface area contributed by atoms with Crippen molar-refractivity contribution in [2.24, 2.45) is 11.3 Å². The zero-order valence-electron chi connectivity index (χ0n) is 20.1. The second-order valence-corrected chi connectivity index (χ2v) is 10.1. The van der Waals surface area contributed by atoms with Gasteiger partial charge in [0.25, 0.3) is 0 Å². The maximum Gasteiger partial charge on any atom is 0.0823 e. The van der Waals surface area contributed by atoms with Gasteiger partial charge in [-0.05, 0) is 73.0 Å². The van der Waals surface area contributed by atoms with Crippen LogP contribution in [0.15, 0.2) is 59.3 Å². The molecule has 0 amide bonds. The molecule has 32 heavy (non-hydrogen) atoms. The van der Waals surface area contributed by atoms with Crippen molar-refractivity contribution in [3.05, 3.63) is 59.3 Å². The van der Waals surface area contributed by atoms with Gasteiger partial charge in [-0.15, -0.1) is 0 Å². The van der Waals surface area contributed by atoms with E-state index in [1.165, 1.54) is 17.6 Å².